The zero-order valence-corrected chi connectivity index (χ0v) is 11.2. The Balaban J connectivity index is 3.71. The second-order valence-electron chi connectivity index (χ2n) is 3.91. The first-order chi connectivity index (χ1) is 8.20. The predicted octanol–water partition coefficient (Wildman–Crippen LogP) is 2.98. The summed E-state index contributed by atoms with van der Waals surface area (Å²) in [5.74, 6) is 5.72. The number of esters is 1. The molecule has 96 valence electrons. The molecule has 0 radical (unpaired) electrons. The van der Waals surface area contributed by atoms with Gasteiger partial charge in [-0.2, -0.15) is 0 Å². The normalized spacial score (nSPS) is 11.9. The van der Waals surface area contributed by atoms with Crippen LogP contribution < -0.4 is 0 Å². The summed E-state index contributed by atoms with van der Waals surface area (Å²) >= 11 is 0. The third-order valence-electron chi connectivity index (χ3n) is 2.17. The van der Waals surface area contributed by atoms with Crippen molar-refractivity contribution in [1.29, 1.82) is 0 Å². The maximum absolute atomic E-state index is 11.1. The van der Waals surface area contributed by atoms with E-state index in [0.29, 0.717) is 13.0 Å². The first-order valence-corrected chi connectivity index (χ1v) is 6.36. The Bertz CT molecular complexity index is 286. The molecule has 0 aliphatic heterocycles. The highest BCUT2D eigenvalue weighted by Gasteiger charge is 2.06. The molecule has 1 unspecified atom stereocenters. The Labute approximate surface area is 105 Å². The van der Waals surface area contributed by atoms with Crippen molar-refractivity contribution in [2.24, 2.45) is 4.99 Å². The smallest absolute Gasteiger partial charge is 0.307 e. The van der Waals surface area contributed by atoms with Crippen LogP contribution in [0.5, 0.6) is 0 Å². The minimum absolute atomic E-state index is 0.0565. The first-order valence-electron chi connectivity index (χ1n) is 6.36. The quantitative estimate of drug-likeness (QED) is 0.295. The molecule has 3 nitrogen and oxygen atoms in total. The number of hydrogen-bond donors (Lipinski definition) is 0. The fourth-order valence-electron chi connectivity index (χ4n) is 1.26. The van der Waals surface area contributed by atoms with Crippen LogP contribution in [0.25, 0.3) is 0 Å². The van der Waals surface area contributed by atoms with Crippen LogP contribution in [-0.2, 0) is 9.53 Å². The van der Waals surface area contributed by atoms with Gasteiger partial charge in [0.15, 0.2) is 0 Å². The standard InChI is InChI=1S/C14H23NO2/c1-4-6-7-8-9-10-11-15-13(3)12-14(16)17-5-2/h11,13H,4-8,12H2,1-3H3. The van der Waals surface area contributed by atoms with Crippen LogP contribution in [0.2, 0.25) is 0 Å². The molecule has 1 atom stereocenters. The van der Waals surface area contributed by atoms with Crippen molar-refractivity contribution < 1.29 is 9.53 Å². The highest BCUT2D eigenvalue weighted by atomic mass is 16.5. The molecule has 0 amide bonds. The maximum Gasteiger partial charge on any atom is 0.307 e. The summed E-state index contributed by atoms with van der Waals surface area (Å²) < 4.78 is 4.84. The van der Waals surface area contributed by atoms with Crippen LogP contribution in [0.3, 0.4) is 0 Å². The zero-order valence-electron chi connectivity index (χ0n) is 11.2. The van der Waals surface area contributed by atoms with Crippen LogP contribution >= 0.6 is 0 Å². The molecule has 0 rings (SSSR count). The Morgan fingerprint density at radius 2 is 2.18 bits per heavy atom. The molecule has 0 aromatic rings. The number of hydrogen-bond acceptors (Lipinski definition) is 3. The van der Waals surface area contributed by atoms with E-state index in [9.17, 15) is 4.79 Å². The summed E-state index contributed by atoms with van der Waals surface area (Å²) in [6.07, 6.45) is 6.43. The van der Waals surface area contributed by atoms with Gasteiger partial charge in [0.05, 0.1) is 25.3 Å². The van der Waals surface area contributed by atoms with Gasteiger partial charge >= 0.3 is 5.97 Å². The van der Waals surface area contributed by atoms with Crippen molar-refractivity contribution in [1.82, 2.24) is 0 Å². The van der Waals surface area contributed by atoms with Gasteiger partial charge in [-0.1, -0.05) is 31.6 Å². The van der Waals surface area contributed by atoms with E-state index in [1.165, 1.54) is 12.8 Å². The lowest BCUT2D eigenvalue weighted by Crippen LogP contribution is -2.11. The van der Waals surface area contributed by atoms with Gasteiger partial charge in [0, 0.05) is 6.42 Å². The molecule has 0 heterocycles. The molecule has 0 saturated carbocycles. The van der Waals surface area contributed by atoms with E-state index in [1.54, 1.807) is 13.1 Å². The largest absolute Gasteiger partial charge is 0.466 e. The van der Waals surface area contributed by atoms with E-state index >= 15 is 0 Å². The number of carbonyl (C=O) groups is 1. The van der Waals surface area contributed by atoms with Crippen LogP contribution in [0.4, 0.5) is 0 Å². The summed E-state index contributed by atoms with van der Waals surface area (Å²) in [5.41, 5.74) is 0. The molecule has 0 aromatic heterocycles. The highest BCUT2D eigenvalue weighted by molar-refractivity contribution is 5.78. The van der Waals surface area contributed by atoms with Crippen molar-refractivity contribution >= 4 is 12.2 Å². The Morgan fingerprint density at radius 1 is 1.41 bits per heavy atom. The van der Waals surface area contributed by atoms with Crippen molar-refractivity contribution in [3.05, 3.63) is 0 Å². The van der Waals surface area contributed by atoms with Gasteiger partial charge < -0.3 is 4.74 Å². The molecule has 17 heavy (non-hydrogen) atoms. The van der Waals surface area contributed by atoms with Crippen molar-refractivity contribution in [3.8, 4) is 11.8 Å². The van der Waals surface area contributed by atoms with Gasteiger partial charge in [-0.3, -0.25) is 9.79 Å². The number of unbranched alkanes of at least 4 members (excludes halogenated alkanes) is 3. The van der Waals surface area contributed by atoms with E-state index in [-0.39, 0.29) is 12.0 Å². The van der Waals surface area contributed by atoms with E-state index in [4.69, 9.17) is 4.74 Å². The summed E-state index contributed by atoms with van der Waals surface area (Å²) in [5, 5.41) is 0. The van der Waals surface area contributed by atoms with Gasteiger partial charge in [0.2, 0.25) is 0 Å². The van der Waals surface area contributed by atoms with Gasteiger partial charge in [-0.15, -0.1) is 0 Å². The third kappa shape index (κ3) is 11.0. The average molecular weight is 237 g/mol. The molecule has 0 N–H and O–H groups in total. The zero-order chi connectivity index (χ0) is 12.9. The molecular formula is C14H23NO2. The van der Waals surface area contributed by atoms with Crippen LogP contribution in [0, 0.1) is 11.8 Å². The fourth-order valence-corrected chi connectivity index (χ4v) is 1.26. The molecule has 0 bridgehead atoms. The van der Waals surface area contributed by atoms with Crippen LogP contribution in [0.1, 0.15) is 52.9 Å². The summed E-state index contributed by atoms with van der Waals surface area (Å²) in [6, 6.07) is -0.0565. The van der Waals surface area contributed by atoms with Crippen LogP contribution in [0.15, 0.2) is 4.99 Å². The molecule has 0 aromatic carbocycles. The van der Waals surface area contributed by atoms with Gasteiger partial charge in [0.25, 0.3) is 0 Å². The molecule has 0 aliphatic carbocycles. The fraction of sp³-hybridized carbons (Fsp3) is 0.714. The third-order valence-corrected chi connectivity index (χ3v) is 2.17. The maximum atomic E-state index is 11.1. The lowest BCUT2D eigenvalue weighted by molar-refractivity contribution is -0.143. The van der Waals surface area contributed by atoms with Crippen molar-refractivity contribution in [2.45, 2.75) is 58.9 Å². The van der Waals surface area contributed by atoms with E-state index in [0.717, 1.165) is 12.8 Å². The second kappa shape index (κ2) is 11.2. The van der Waals surface area contributed by atoms with Crippen LogP contribution in [-0.4, -0.2) is 24.8 Å². The number of ether oxygens (including phenoxy) is 1. The predicted molar refractivity (Wildman–Crippen MR) is 71.1 cm³/mol. The van der Waals surface area contributed by atoms with E-state index in [2.05, 4.69) is 23.8 Å². The Morgan fingerprint density at radius 3 is 2.82 bits per heavy atom. The average Bonchev–Trinajstić information content (AvgIpc) is 2.28. The Hall–Kier alpha value is -1.30. The van der Waals surface area contributed by atoms with Crippen molar-refractivity contribution in [3.63, 3.8) is 0 Å². The molecule has 0 saturated heterocycles. The van der Waals surface area contributed by atoms with Gasteiger partial charge in [-0.25, -0.2) is 0 Å². The highest BCUT2D eigenvalue weighted by Crippen LogP contribution is 1.98. The van der Waals surface area contributed by atoms with Gasteiger partial charge in [0.1, 0.15) is 0 Å². The number of carbonyl (C=O) groups excluding carboxylic acids is 1. The summed E-state index contributed by atoms with van der Waals surface area (Å²) in [7, 11) is 0. The lowest BCUT2D eigenvalue weighted by Gasteiger charge is -2.04. The van der Waals surface area contributed by atoms with Gasteiger partial charge in [-0.05, 0) is 20.3 Å². The summed E-state index contributed by atoms with van der Waals surface area (Å²) in [4.78, 5) is 15.3. The minimum Gasteiger partial charge on any atom is -0.466 e. The monoisotopic (exact) mass is 237 g/mol. The topological polar surface area (TPSA) is 38.7 Å². The number of rotatable bonds is 7. The SMILES string of the molecule is CCCCCC#CC=NC(C)CC(=O)OCC. The molecule has 0 spiro atoms. The lowest BCUT2D eigenvalue weighted by atomic mass is 10.2. The van der Waals surface area contributed by atoms with E-state index < -0.39 is 0 Å². The molecular weight excluding hydrogens is 214 g/mol. The van der Waals surface area contributed by atoms with E-state index in [1.807, 2.05) is 6.92 Å². The first kappa shape index (κ1) is 15.7. The number of aliphatic imine (C=N–C) groups is 1. The molecule has 0 fully saturated rings. The minimum atomic E-state index is -0.201. The summed E-state index contributed by atoms with van der Waals surface area (Å²) in [6.45, 7) is 6.28. The number of nitrogens with zero attached hydrogens (tertiary/aromatic N) is 1. The molecule has 3 heteroatoms. The van der Waals surface area contributed by atoms with Crippen molar-refractivity contribution in [2.75, 3.05) is 6.61 Å². The Kier molecular flexibility index (Phi) is 10.3. The second-order valence-corrected chi connectivity index (χ2v) is 3.91. The molecule has 0 aliphatic rings.